The highest BCUT2D eigenvalue weighted by Crippen LogP contribution is 2.45. The zero-order valence-electron chi connectivity index (χ0n) is 35.2. The summed E-state index contributed by atoms with van der Waals surface area (Å²) in [7, 11) is -2.78. The molecule has 2 aromatic carbocycles. The summed E-state index contributed by atoms with van der Waals surface area (Å²) in [6.45, 7) is 32.0. The number of rotatable bonds is 20. The summed E-state index contributed by atoms with van der Waals surface area (Å²) in [5.41, 5.74) is 1.02. The molecule has 300 valence electrons. The van der Waals surface area contributed by atoms with E-state index in [0.717, 1.165) is 22.4 Å². The number of aliphatic hydroxyl groups excluding tert-OH is 1. The zero-order chi connectivity index (χ0) is 39.9. The summed E-state index contributed by atoms with van der Waals surface area (Å²) >= 11 is 0. The van der Waals surface area contributed by atoms with E-state index in [4.69, 9.17) is 27.8 Å². The Kier molecular flexibility index (Phi) is 15.8. The lowest BCUT2D eigenvalue weighted by atomic mass is 9.88. The highest BCUT2D eigenvalue weighted by Gasteiger charge is 2.55. The Morgan fingerprint density at radius 1 is 0.906 bits per heavy atom. The Bertz CT molecular complexity index is 1410. The van der Waals surface area contributed by atoms with Gasteiger partial charge in [0.1, 0.15) is 18.0 Å². The van der Waals surface area contributed by atoms with E-state index in [1.165, 1.54) is 0 Å². The summed E-state index contributed by atoms with van der Waals surface area (Å²) in [6.07, 6.45) is -0.828. The van der Waals surface area contributed by atoms with Crippen molar-refractivity contribution < 1.29 is 38.0 Å². The molecule has 0 aromatic heterocycles. The molecule has 0 aliphatic carbocycles. The fourth-order valence-corrected chi connectivity index (χ4v) is 8.37. The molecule has 2 N–H and O–H groups in total. The van der Waals surface area contributed by atoms with E-state index in [1.807, 2.05) is 54.6 Å². The summed E-state index contributed by atoms with van der Waals surface area (Å²) in [5, 5.41) is 23.5. The van der Waals surface area contributed by atoms with Gasteiger partial charge in [0.25, 0.3) is 0 Å². The van der Waals surface area contributed by atoms with Crippen molar-refractivity contribution in [2.45, 2.75) is 166 Å². The van der Waals surface area contributed by atoms with Crippen LogP contribution in [0, 0.1) is 0 Å². The van der Waals surface area contributed by atoms with Crippen molar-refractivity contribution in [3.8, 4) is 5.75 Å². The molecule has 1 saturated heterocycles. The predicted octanol–water partition coefficient (Wildman–Crippen LogP) is 9.60. The maximum Gasteiger partial charge on any atom is 0.192 e. The smallest absolute Gasteiger partial charge is 0.192 e. The lowest BCUT2D eigenvalue weighted by Crippen LogP contribution is -2.50. The Labute approximate surface area is 323 Å². The second-order valence-corrected chi connectivity index (χ2v) is 28.3. The molecule has 8 nitrogen and oxygen atoms in total. The van der Waals surface area contributed by atoms with Crippen LogP contribution in [0.25, 0.3) is 0 Å². The minimum Gasteiger partial charge on any atom is -0.497 e. The van der Waals surface area contributed by atoms with Crippen molar-refractivity contribution in [3.63, 3.8) is 0 Å². The van der Waals surface area contributed by atoms with Crippen molar-refractivity contribution in [1.29, 1.82) is 0 Å². The summed E-state index contributed by atoms with van der Waals surface area (Å²) in [6, 6.07) is 17.9. The zero-order valence-corrected chi connectivity index (χ0v) is 37.2. The van der Waals surface area contributed by atoms with E-state index < -0.39 is 52.3 Å². The first-order valence-electron chi connectivity index (χ1n) is 19.3. The normalized spacial score (nSPS) is 22.3. The minimum atomic E-state index is -2.29. The van der Waals surface area contributed by atoms with Crippen LogP contribution in [0.4, 0.5) is 0 Å². The van der Waals surface area contributed by atoms with Gasteiger partial charge in [-0.15, -0.1) is 0 Å². The SMILES string of the molecule is C=C(CC[C@](C)(O)C[C@@H](O)[C@H]1O[C@@](C)([C@H](CO[Si](C)(C)C(C)(C)C)OCc2ccc(OC)cc2)C[C@H]1O[Si](C)(C)C(C)(C)C)COCc1ccccc1. The van der Waals surface area contributed by atoms with Gasteiger partial charge in [0.2, 0.25) is 0 Å². The average Bonchev–Trinajstić information content (AvgIpc) is 3.39. The first-order chi connectivity index (χ1) is 24.4. The lowest BCUT2D eigenvalue weighted by Gasteiger charge is -2.40. The van der Waals surface area contributed by atoms with Crippen LogP contribution in [0.2, 0.25) is 36.3 Å². The molecule has 0 radical (unpaired) electrons. The van der Waals surface area contributed by atoms with Crippen LogP contribution in [0.15, 0.2) is 66.7 Å². The maximum atomic E-state index is 12.0. The van der Waals surface area contributed by atoms with E-state index in [1.54, 1.807) is 14.0 Å². The van der Waals surface area contributed by atoms with Gasteiger partial charge >= 0.3 is 0 Å². The quantitative estimate of drug-likeness (QED) is 0.102. The molecule has 1 aliphatic heterocycles. The van der Waals surface area contributed by atoms with Gasteiger partial charge in [0.05, 0.1) is 56.9 Å². The highest BCUT2D eigenvalue weighted by atomic mass is 28.4. The summed E-state index contributed by atoms with van der Waals surface area (Å²) < 4.78 is 38.8. The van der Waals surface area contributed by atoms with Gasteiger partial charge < -0.3 is 38.0 Å². The topological polar surface area (TPSA) is 95.8 Å². The van der Waals surface area contributed by atoms with Crippen LogP contribution >= 0.6 is 0 Å². The van der Waals surface area contributed by atoms with Crippen LogP contribution in [0.5, 0.6) is 5.75 Å². The molecular weight excluding hydrogens is 701 g/mol. The molecule has 0 spiro atoms. The van der Waals surface area contributed by atoms with Crippen molar-refractivity contribution in [2.24, 2.45) is 0 Å². The van der Waals surface area contributed by atoms with Gasteiger partial charge in [-0.2, -0.15) is 0 Å². The maximum absolute atomic E-state index is 12.0. The van der Waals surface area contributed by atoms with Crippen LogP contribution < -0.4 is 4.74 Å². The van der Waals surface area contributed by atoms with Gasteiger partial charge in [0, 0.05) is 12.8 Å². The van der Waals surface area contributed by atoms with Crippen LogP contribution in [-0.2, 0) is 36.3 Å². The van der Waals surface area contributed by atoms with Gasteiger partial charge in [-0.05, 0) is 86.2 Å². The largest absolute Gasteiger partial charge is 0.497 e. The van der Waals surface area contributed by atoms with E-state index >= 15 is 0 Å². The van der Waals surface area contributed by atoms with Gasteiger partial charge in [0.15, 0.2) is 16.6 Å². The number of hydrogen-bond acceptors (Lipinski definition) is 8. The van der Waals surface area contributed by atoms with Crippen molar-refractivity contribution >= 4 is 16.6 Å². The van der Waals surface area contributed by atoms with Crippen molar-refractivity contribution in [3.05, 3.63) is 77.9 Å². The fourth-order valence-electron chi connectivity index (χ4n) is 6.04. The van der Waals surface area contributed by atoms with Crippen LogP contribution in [0.1, 0.15) is 92.2 Å². The first kappa shape index (κ1) is 45.5. The number of hydrogen-bond donors (Lipinski definition) is 2. The second-order valence-electron chi connectivity index (χ2n) is 18.7. The van der Waals surface area contributed by atoms with E-state index in [0.29, 0.717) is 45.7 Å². The molecule has 1 heterocycles. The predicted molar refractivity (Wildman–Crippen MR) is 220 cm³/mol. The Morgan fingerprint density at radius 2 is 1.49 bits per heavy atom. The molecule has 0 bridgehead atoms. The molecule has 1 aliphatic rings. The van der Waals surface area contributed by atoms with Crippen molar-refractivity contribution in [1.82, 2.24) is 0 Å². The van der Waals surface area contributed by atoms with Gasteiger partial charge in [-0.1, -0.05) is 96.2 Å². The monoisotopic (exact) mass is 772 g/mol. The molecule has 10 heteroatoms. The van der Waals surface area contributed by atoms with Gasteiger partial charge in [-0.3, -0.25) is 0 Å². The Morgan fingerprint density at radius 3 is 2.06 bits per heavy atom. The molecule has 0 amide bonds. The Balaban J connectivity index is 1.81. The molecule has 2 aromatic rings. The number of benzene rings is 2. The molecule has 1 fully saturated rings. The molecule has 0 unspecified atom stereocenters. The van der Waals surface area contributed by atoms with Crippen LogP contribution in [-0.4, -0.2) is 82.8 Å². The highest BCUT2D eigenvalue weighted by molar-refractivity contribution is 6.74. The first-order valence-corrected chi connectivity index (χ1v) is 25.1. The molecule has 0 saturated carbocycles. The van der Waals surface area contributed by atoms with E-state index in [2.05, 4.69) is 81.2 Å². The summed E-state index contributed by atoms with van der Waals surface area (Å²) in [4.78, 5) is 0. The third-order valence-corrected chi connectivity index (χ3v) is 20.8. The third-order valence-electron chi connectivity index (χ3n) is 11.8. The average molecular weight is 773 g/mol. The van der Waals surface area contributed by atoms with Crippen molar-refractivity contribution in [2.75, 3.05) is 20.3 Å². The van der Waals surface area contributed by atoms with E-state index in [9.17, 15) is 10.2 Å². The standard InChI is InChI=1S/C43H72O8Si2/c1-32(28-47-29-33-18-16-15-17-19-33)24-25-42(8,45)26-36(44)39-37(51-53(13,14)41(5,6)7)27-43(9,50-39)38(31-49-52(11,12)40(2,3)4)48-30-34-20-22-35(46-10)23-21-34/h15-23,36-39,44-45H,1,24-31H2,2-14H3/t36-,37-,38+,39-,42+,43-/m1/s1. The van der Waals surface area contributed by atoms with E-state index in [-0.39, 0.29) is 16.5 Å². The second kappa shape index (κ2) is 18.4. The van der Waals surface area contributed by atoms with Gasteiger partial charge in [-0.25, -0.2) is 0 Å². The lowest BCUT2D eigenvalue weighted by molar-refractivity contribution is -0.171. The number of aliphatic hydroxyl groups is 2. The minimum absolute atomic E-state index is 0.0165. The molecule has 3 rings (SSSR count). The van der Waals surface area contributed by atoms with Crippen LogP contribution in [0.3, 0.4) is 0 Å². The molecular formula is C43H72O8Si2. The fraction of sp³-hybridized carbons (Fsp3) is 0.674. The number of ether oxygens (including phenoxy) is 4. The molecule has 53 heavy (non-hydrogen) atoms. The Hall–Kier alpha value is -1.87. The number of methoxy groups -OCH3 is 1. The third kappa shape index (κ3) is 13.4. The summed E-state index contributed by atoms with van der Waals surface area (Å²) in [5.74, 6) is 0.789. The molecule has 6 atom stereocenters.